The van der Waals surface area contributed by atoms with E-state index in [0.717, 1.165) is 18.2 Å². The molecule has 2 aromatic rings. The van der Waals surface area contributed by atoms with Gasteiger partial charge < -0.3 is 10.1 Å². The number of ether oxygens (including phenoxy) is 1. The highest BCUT2D eigenvalue weighted by atomic mass is 35.5. The van der Waals surface area contributed by atoms with Crippen molar-refractivity contribution >= 4 is 62.4 Å². The molecule has 0 heterocycles. The van der Waals surface area contributed by atoms with Crippen LogP contribution >= 0.6 is 34.8 Å². The van der Waals surface area contributed by atoms with Gasteiger partial charge in [0.2, 0.25) is 10.0 Å². The van der Waals surface area contributed by atoms with Gasteiger partial charge in [-0.2, -0.15) is 0 Å². The number of hydrogen-bond donors (Lipinski definition) is 2. The second kappa shape index (κ2) is 10.2. The molecule has 7 nitrogen and oxygen atoms in total. The lowest BCUT2D eigenvalue weighted by molar-refractivity contribution is -0.147. The molecule has 0 aromatic heterocycles. The molecular weight excluding hydrogens is 470 g/mol. The zero-order valence-corrected chi connectivity index (χ0v) is 17.6. The maximum atomic E-state index is 13.1. The van der Waals surface area contributed by atoms with Gasteiger partial charge in [-0.1, -0.05) is 34.8 Å². The number of rotatable bonds is 8. The van der Waals surface area contributed by atoms with Gasteiger partial charge in [0.1, 0.15) is 5.82 Å². The zero-order valence-electron chi connectivity index (χ0n) is 14.5. The van der Waals surface area contributed by atoms with Gasteiger partial charge in [0.15, 0.2) is 6.61 Å². The number of amides is 1. The number of carbonyl (C=O) groups excluding carboxylic acids is 2. The van der Waals surface area contributed by atoms with E-state index in [2.05, 4.69) is 10.0 Å². The minimum absolute atomic E-state index is 0.215. The molecule has 156 valence electrons. The van der Waals surface area contributed by atoms with Gasteiger partial charge in [-0.15, -0.1) is 0 Å². The molecule has 0 bridgehead atoms. The van der Waals surface area contributed by atoms with Crippen LogP contribution in [0, 0.1) is 5.82 Å². The third-order valence-corrected chi connectivity index (χ3v) is 5.69. The van der Waals surface area contributed by atoms with E-state index in [4.69, 9.17) is 39.5 Å². The molecule has 0 spiro atoms. The van der Waals surface area contributed by atoms with E-state index in [1.54, 1.807) is 0 Å². The number of carbonyl (C=O) groups is 2. The van der Waals surface area contributed by atoms with Crippen LogP contribution in [0.5, 0.6) is 0 Å². The second-order valence-electron chi connectivity index (χ2n) is 5.56. The molecule has 0 radical (unpaired) electrons. The van der Waals surface area contributed by atoms with E-state index in [1.165, 1.54) is 18.2 Å². The van der Waals surface area contributed by atoms with Crippen LogP contribution in [0.1, 0.15) is 6.42 Å². The van der Waals surface area contributed by atoms with E-state index >= 15 is 0 Å². The fourth-order valence-corrected chi connectivity index (χ4v) is 3.77. The summed E-state index contributed by atoms with van der Waals surface area (Å²) in [5, 5.41) is 2.70. The van der Waals surface area contributed by atoms with Crippen molar-refractivity contribution in [3.05, 3.63) is 57.3 Å². The summed E-state index contributed by atoms with van der Waals surface area (Å²) in [6.07, 6.45) is -0.330. The fraction of sp³-hybridized carbons (Fsp3) is 0.176. The van der Waals surface area contributed by atoms with Crippen molar-refractivity contribution in [1.29, 1.82) is 0 Å². The Morgan fingerprint density at radius 3 is 2.41 bits per heavy atom. The summed E-state index contributed by atoms with van der Waals surface area (Å²) >= 11 is 17.2. The summed E-state index contributed by atoms with van der Waals surface area (Å²) in [7, 11) is -3.99. The first kappa shape index (κ1) is 23.4. The van der Waals surface area contributed by atoms with Crippen LogP contribution in [0.3, 0.4) is 0 Å². The van der Waals surface area contributed by atoms with E-state index < -0.39 is 34.3 Å². The first-order valence-corrected chi connectivity index (χ1v) is 10.6. The van der Waals surface area contributed by atoms with Crippen molar-refractivity contribution in [2.75, 3.05) is 18.5 Å². The van der Waals surface area contributed by atoms with Gasteiger partial charge in [-0.3, -0.25) is 9.59 Å². The maximum Gasteiger partial charge on any atom is 0.307 e. The molecule has 2 rings (SSSR count). The number of hydrogen-bond acceptors (Lipinski definition) is 5. The number of esters is 1. The van der Waals surface area contributed by atoms with Crippen molar-refractivity contribution in [2.45, 2.75) is 11.3 Å². The molecule has 0 atom stereocenters. The van der Waals surface area contributed by atoms with E-state index in [9.17, 15) is 22.4 Å². The van der Waals surface area contributed by atoms with Crippen LogP contribution in [0.2, 0.25) is 15.1 Å². The van der Waals surface area contributed by atoms with Gasteiger partial charge >= 0.3 is 5.97 Å². The lowest BCUT2D eigenvalue weighted by Gasteiger charge is -2.09. The third kappa shape index (κ3) is 7.13. The highest BCUT2D eigenvalue weighted by Gasteiger charge is 2.17. The number of anilines is 1. The summed E-state index contributed by atoms with van der Waals surface area (Å²) in [6, 6.07) is 7.34. The molecule has 29 heavy (non-hydrogen) atoms. The molecule has 2 N–H and O–H groups in total. The molecule has 0 aliphatic heterocycles. The van der Waals surface area contributed by atoms with Crippen molar-refractivity contribution in [2.24, 2.45) is 0 Å². The van der Waals surface area contributed by atoms with Gasteiger partial charge in [-0.05, 0) is 36.4 Å². The van der Waals surface area contributed by atoms with Crippen molar-refractivity contribution in [1.82, 2.24) is 4.72 Å². The highest BCUT2D eigenvalue weighted by molar-refractivity contribution is 7.89. The summed E-state index contributed by atoms with van der Waals surface area (Å²) in [5.41, 5.74) is 0.294. The lowest BCUT2D eigenvalue weighted by Crippen LogP contribution is -2.28. The van der Waals surface area contributed by atoms with Crippen molar-refractivity contribution in [3.8, 4) is 0 Å². The fourth-order valence-electron chi connectivity index (χ4n) is 2.01. The summed E-state index contributed by atoms with van der Waals surface area (Å²) in [6.45, 7) is -0.876. The smallest absolute Gasteiger partial charge is 0.307 e. The molecule has 0 aliphatic carbocycles. The minimum Gasteiger partial charge on any atom is -0.456 e. The van der Waals surface area contributed by atoms with Gasteiger partial charge in [-0.25, -0.2) is 17.5 Å². The Bertz CT molecular complexity index is 1030. The monoisotopic (exact) mass is 482 g/mol. The topological polar surface area (TPSA) is 102 Å². The number of benzene rings is 2. The Kier molecular flexibility index (Phi) is 8.23. The Morgan fingerprint density at radius 1 is 1.03 bits per heavy atom. The Morgan fingerprint density at radius 2 is 1.76 bits per heavy atom. The largest absolute Gasteiger partial charge is 0.456 e. The van der Waals surface area contributed by atoms with Crippen LogP contribution in [0.25, 0.3) is 0 Å². The van der Waals surface area contributed by atoms with E-state index in [0.29, 0.717) is 10.7 Å². The summed E-state index contributed by atoms with van der Waals surface area (Å²) in [4.78, 5) is 23.2. The second-order valence-corrected chi connectivity index (χ2v) is 8.57. The number of halogens is 4. The predicted octanol–water partition coefficient (Wildman–Crippen LogP) is 3.64. The van der Waals surface area contributed by atoms with Gasteiger partial charge in [0.25, 0.3) is 5.91 Å². The predicted molar refractivity (Wildman–Crippen MR) is 107 cm³/mol. The van der Waals surface area contributed by atoms with E-state index in [1.807, 2.05) is 0 Å². The number of sulfonamides is 1. The highest BCUT2D eigenvalue weighted by Crippen LogP contribution is 2.25. The van der Waals surface area contributed by atoms with Crippen LogP contribution in [0.15, 0.2) is 41.3 Å². The van der Waals surface area contributed by atoms with Gasteiger partial charge in [0.05, 0.1) is 27.0 Å². The molecule has 12 heteroatoms. The average Bonchev–Trinajstić information content (AvgIpc) is 2.64. The SMILES string of the molecule is O=C(COC(=O)CCNS(=O)(=O)c1ccc(F)c(Cl)c1)Nc1ccc(Cl)cc1Cl. The first-order chi connectivity index (χ1) is 13.6. The van der Waals surface area contributed by atoms with E-state index in [-0.39, 0.29) is 27.9 Å². The molecule has 0 aliphatic rings. The summed E-state index contributed by atoms with van der Waals surface area (Å²) in [5.74, 6) is -2.20. The molecule has 0 saturated carbocycles. The quantitative estimate of drug-likeness (QED) is 0.558. The van der Waals surface area contributed by atoms with Crippen molar-refractivity contribution in [3.63, 3.8) is 0 Å². The van der Waals surface area contributed by atoms with Crippen LogP contribution in [-0.2, 0) is 24.3 Å². The first-order valence-electron chi connectivity index (χ1n) is 7.94. The molecule has 0 unspecified atom stereocenters. The summed E-state index contributed by atoms with van der Waals surface area (Å²) < 4.78 is 44.2. The van der Waals surface area contributed by atoms with Crippen molar-refractivity contribution < 1.29 is 27.1 Å². The molecular formula is C17H14Cl3FN2O5S. The number of nitrogens with one attached hydrogen (secondary N) is 2. The third-order valence-electron chi connectivity index (χ3n) is 3.39. The molecule has 1 amide bonds. The minimum atomic E-state index is -3.99. The Hall–Kier alpha value is -1.91. The Labute approximate surface area is 181 Å². The van der Waals surface area contributed by atoms with Crippen LogP contribution in [0.4, 0.5) is 10.1 Å². The molecule has 0 fully saturated rings. The normalized spacial score (nSPS) is 11.2. The lowest BCUT2D eigenvalue weighted by atomic mass is 10.3. The van der Waals surface area contributed by atoms with Crippen LogP contribution in [-0.4, -0.2) is 33.4 Å². The Balaban J connectivity index is 1.77. The molecule has 2 aromatic carbocycles. The standard InChI is InChI=1S/C17H14Cl3FN2O5S/c18-10-1-4-15(13(20)7-10)23-16(24)9-28-17(25)5-6-22-29(26,27)11-2-3-14(21)12(19)8-11/h1-4,7-8,22H,5-6,9H2,(H,23,24). The average molecular weight is 484 g/mol. The molecule has 0 saturated heterocycles. The van der Waals surface area contributed by atoms with Gasteiger partial charge in [0, 0.05) is 11.6 Å². The zero-order chi connectivity index (χ0) is 21.6. The maximum absolute atomic E-state index is 13.1. The van der Waals surface area contributed by atoms with Crippen LogP contribution < -0.4 is 10.0 Å².